The lowest BCUT2D eigenvalue weighted by molar-refractivity contribution is 1.29. The van der Waals surface area contributed by atoms with Crippen molar-refractivity contribution in [3.8, 4) is 11.4 Å². The lowest BCUT2D eigenvalue weighted by Gasteiger charge is -2.00. The summed E-state index contributed by atoms with van der Waals surface area (Å²) in [6, 6.07) is 9.70. The van der Waals surface area contributed by atoms with Crippen molar-refractivity contribution in [3.63, 3.8) is 0 Å². The molecule has 0 fully saturated rings. The van der Waals surface area contributed by atoms with Gasteiger partial charge in [0.2, 0.25) is 0 Å². The normalized spacial score (nSPS) is 10.9. The average molecular weight is 244 g/mol. The Morgan fingerprint density at radius 3 is 2.88 bits per heavy atom. The molecule has 0 aliphatic heterocycles. The van der Waals surface area contributed by atoms with Gasteiger partial charge in [-0.2, -0.15) is 0 Å². The highest BCUT2D eigenvalue weighted by Crippen LogP contribution is 2.23. The summed E-state index contributed by atoms with van der Waals surface area (Å²) >= 11 is 6.04. The topological polar surface area (TPSA) is 41.6 Å². The van der Waals surface area contributed by atoms with E-state index in [0.29, 0.717) is 5.02 Å². The Balaban J connectivity index is 2.20. The van der Waals surface area contributed by atoms with E-state index in [9.17, 15) is 0 Å². The zero-order valence-electron chi connectivity index (χ0n) is 9.24. The number of pyridine rings is 1. The predicted molar refractivity (Wildman–Crippen MR) is 69.1 cm³/mol. The molecule has 4 heteroatoms. The predicted octanol–water partition coefficient (Wildman–Crippen LogP) is 3.59. The van der Waals surface area contributed by atoms with Crippen molar-refractivity contribution in [2.24, 2.45) is 0 Å². The number of rotatable bonds is 1. The summed E-state index contributed by atoms with van der Waals surface area (Å²) in [5.74, 6) is 0.796. The number of imidazole rings is 1. The van der Waals surface area contributed by atoms with E-state index in [1.807, 2.05) is 37.3 Å². The third-order valence-corrected chi connectivity index (χ3v) is 2.79. The number of hydrogen-bond donors (Lipinski definition) is 1. The Bertz CT molecular complexity index is 635. The number of benzene rings is 1. The first-order chi connectivity index (χ1) is 8.22. The van der Waals surface area contributed by atoms with Gasteiger partial charge in [-0.3, -0.25) is 0 Å². The van der Waals surface area contributed by atoms with Crippen LogP contribution in [0.25, 0.3) is 22.6 Å². The van der Waals surface area contributed by atoms with Crippen molar-refractivity contribution in [2.75, 3.05) is 0 Å². The molecule has 0 atom stereocenters. The van der Waals surface area contributed by atoms with Crippen LogP contribution in [-0.2, 0) is 0 Å². The van der Waals surface area contributed by atoms with Gasteiger partial charge >= 0.3 is 0 Å². The number of nitrogens with zero attached hydrogens (tertiary/aromatic N) is 2. The third-order valence-electron chi connectivity index (χ3n) is 2.57. The quantitative estimate of drug-likeness (QED) is 0.710. The minimum absolute atomic E-state index is 0.716. The molecule has 0 bridgehead atoms. The fraction of sp³-hybridized carbons (Fsp3) is 0.0769. The number of aryl methyl sites for hydroxylation is 1. The van der Waals surface area contributed by atoms with Crippen LogP contribution >= 0.6 is 11.6 Å². The summed E-state index contributed by atoms with van der Waals surface area (Å²) in [5, 5.41) is 0.716. The van der Waals surface area contributed by atoms with E-state index >= 15 is 0 Å². The van der Waals surface area contributed by atoms with Gasteiger partial charge in [-0.1, -0.05) is 11.6 Å². The lowest BCUT2D eigenvalue weighted by atomic mass is 10.1. The number of hydrogen-bond acceptors (Lipinski definition) is 2. The highest BCUT2D eigenvalue weighted by atomic mass is 35.5. The molecular formula is C13H10ClN3. The molecule has 2 heterocycles. The molecule has 0 radical (unpaired) electrons. The summed E-state index contributed by atoms with van der Waals surface area (Å²) < 4.78 is 0. The molecule has 0 saturated heterocycles. The molecule has 3 aromatic rings. The smallest absolute Gasteiger partial charge is 0.178 e. The second-order valence-electron chi connectivity index (χ2n) is 3.98. The van der Waals surface area contributed by atoms with Crippen molar-refractivity contribution < 1.29 is 0 Å². The SMILES string of the molecule is Cc1cc(Cl)cc(-c2nc3ncccc3[nH]2)c1. The zero-order chi connectivity index (χ0) is 11.8. The molecule has 0 spiro atoms. The Labute approximate surface area is 103 Å². The average Bonchev–Trinajstić information content (AvgIpc) is 2.71. The molecule has 1 aromatic carbocycles. The third kappa shape index (κ3) is 1.89. The number of halogens is 1. The van der Waals surface area contributed by atoms with E-state index in [1.165, 1.54) is 0 Å². The van der Waals surface area contributed by atoms with Gasteiger partial charge < -0.3 is 4.98 Å². The molecule has 2 aromatic heterocycles. The van der Waals surface area contributed by atoms with Crippen molar-refractivity contribution in [3.05, 3.63) is 47.1 Å². The summed E-state index contributed by atoms with van der Waals surface area (Å²) in [6.45, 7) is 2.01. The van der Waals surface area contributed by atoms with Crippen LogP contribution < -0.4 is 0 Å². The van der Waals surface area contributed by atoms with Crippen LogP contribution in [0.2, 0.25) is 5.02 Å². The van der Waals surface area contributed by atoms with Crippen LogP contribution in [0.15, 0.2) is 36.5 Å². The van der Waals surface area contributed by atoms with Crippen molar-refractivity contribution in [1.82, 2.24) is 15.0 Å². The van der Waals surface area contributed by atoms with Gasteiger partial charge in [-0.25, -0.2) is 9.97 Å². The molecule has 0 aliphatic carbocycles. The molecular weight excluding hydrogens is 234 g/mol. The maximum absolute atomic E-state index is 6.04. The monoisotopic (exact) mass is 243 g/mol. The van der Waals surface area contributed by atoms with Gasteiger partial charge in [0.05, 0.1) is 5.52 Å². The minimum Gasteiger partial charge on any atom is -0.337 e. The van der Waals surface area contributed by atoms with E-state index in [4.69, 9.17) is 11.6 Å². The van der Waals surface area contributed by atoms with Crippen molar-refractivity contribution in [2.45, 2.75) is 6.92 Å². The van der Waals surface area contributed by atoms with Crippen molar-refractivity contribution >= 4 is 22.8 Å². The van der Waals surface area contributed by atoms with E-state index < -0.39 is 0 Å². The summed E-state index contributed by atoms with van der Waals surface area (Å²) in [6.07, 6.45) is 1.73. The Hall–Kier alpha value is -1.87. The van der Waals surface area contributed by atoms with Crippen LogP contribution in [-0.4, -0.2) is 15.0 Å². The summed E-state index contributed by atoms with van der Waals surface area (Å²) in [4.78, 5) is 11.9. The van der Waals surface area contributed by atoms with Crippen LogP contribution in [0, 0.1) is 6.92 Å². The lowest BCUT2D eigenvalue weighted by Crippen LogP contribution is -1.82. The molecule has 3 rings (SSSR count). The number of nitrogens with one attached hydrogen (secondary N) is 1. The Morgan fingerprint density at radius 1 is 1.24 bits per heavy atom. The summed E-state index contributed by atoms with van der Waals surface area (Å²) in [5.41, 5.74) is 3.74. The number of H-pyrrole nitrogens is 1. The minimum atomic E-state index is 0.716. The Morgan fingerprint density at radius 2 is 2.12 bits per heavy atom. The highest BCUT2D eigenvalue weighted by Gasteiger charge is 2.06. The molecule has 1 N–H and O–H groups in total. The molecule has 84 valence electrons. The van der Waals surface area contributed by atoms with Gasteiger partial charge in [0.15, 0.2) is 5.65 Å². The first-order valence-electron chi connectivity index (χ1n) is 5.31. The first kappa shape index (κ1) is 10.3. The maximum Gasteiger partial charge on any atom is 0.178 e. The van der Waals surface area contributed by atoms with Crippen LogP contribution in [0.5, 0.6) is 0 Å². The van der Waals surface area contributed by atoms with Crippen LogP contribution in [0.1, 0.15) is 5.56 Å². The molecule has 17 heavy (non-hydrogen) atoms. The summed E-state index contributed by atoms with van der Waals surface area (Å²) in [7, 11) is 0. The van der Waals surface area contributed by atoms with Crippen LogP contribution in [0.3, 0.4) is 0 Å². The van der Waals surface area contributed by atoms with Gasteiger partial charge in [0, 0.05) is 16.8 Å². The second-order valence-corrected chi connectivity index (χ2v) is 4.41. The molecule has 0 saturated carbocycles. The number of aromatic nitrogens is 3. The van der Waals surface area contributed by atoms with Gasteiger partial charge in [-0.05, 0) is 42.8 Å². The van der Waals surface area contributed by atoms with Crippen molar-refractivity contribution in [1.29, 1.82) is 0 Å². The molecule has 0 unspecified atom stereocenters. The van der Waals surface area contributed by atoms with E-state index in [-0.39, 0.29) is 0 Å². The fourth-order valence-electron chi connectivity index (χ4n) is 1.85. The van der Waals surface area contributed by atoms with E-state index in [1.54, 1.807) is 6.20 Å². The number of fused-ring (bicyclic) bond motifs is 1. The molecule has 0 amide bonds. The zero-order valence-corrected chi connectivity index (χ0v) is 9.99. The second kappa shape index (κ2) is 3.86. The van der Waals surface area contributed by atoms with Crippen LogP contribution in [0.4, 0.5) is 0 Å². The fourth-order valence-corrected chi connectivity index (χ4v) is 2.14. The van der Waals surface area contributed by atoms with Gasteiger partial charge in [0.25, 0.3) is 0 Å². The highest BCUT2D eigenvalue weighted by molar-refractivity contribution is 6.30. The molecule has 3 nitrogen and oxygen atoms in total. The number of aromatic amines is 1. The van der Waals surface area contributed by atoms with E-state index in [2.05, 4.69) is 15.0 Å². The standard InChI is InChI=1S/C13H10ClN3/c1-8-5-9(7-10(14)6-8)12-16-11-3-2-4-15-13(11)17-12/h2-7H,1H3,(H,15,16,17). The largest absolute Gasteiger partial charge is 0.337 e. The van der Waals surface area contributed by atoms with Gasteiger partial charge in [0.1, 0.15) is 5.82 Å². The maximum atomic E-state index is 6.04. The Kier molecular flexibility index (Phi) is 2.34. The molecule has 0 aliphatic rings. The van der Waals surface area contributed by atoms with Gasteiger partial charge in [-0.15, -0.1) is 0 Å². The van der Waals surface area contributed by atoms with E-state index in [0.717, 1.165) is 28.1 Å². The first-order valence-corrected chi connectivity index (χ1v) is 5.68.